The summed E-state index contributed by atoms with van der Waals surface area (Å²) in [5, 5.41) is 3.48. The van der Waals surface area contributed by atoms with Gasteiger partial charge in [0.15, 0.2) is 0 Å². The number of nitrogens with one attached hydrogen (secondary N) is 1. The van der Waals surface area contributed by atoms with Crippen molar-refractivity contribution in [3.05, 3.63) is 29.8 Å². The molecule has 1 aliphatic heterocycles. The second kappa shape index (κ2) is 5.65. The van der Waals surface area contributed by atoms with Gasteiger partial charge in [0.1, 0.15) is 11.6 Å². The van der Waals surface area contributed by atoms with E-state index in [-0.39, 0.29) is 0 Å². The minimum Gasteiger partial charge on any atom is -0.370 e. The van der Waals surface area contributed by atoms with E-state index >= 15 is 0 Å². The van der Waals surface area contributed by atoms with Crippen molar-refractivity contribution in [2.45, 2.75) is 26.3 Å². The molecule has 100 valence electrons. The van der Waals surface area contributed by atoms with Gasteiger partial charge in [-0.2, -0.15) is 0 Å². The fourth-order valence-electron chi connectivity index (χ4n) is 2.35. The van der Waals surface area contributed by atoms with E-state index in [1.807, 2.05) is 0 Å². The Labute approximate surface area is 107 Å². The van der Waals surface area contributed by atoms with Crippen LogP contribution in [0.3, 0.4) is 0 Å². The van der Waals surface area contributed by atoms with Gasteiger partial charge in [0.2, 0.25) is 0 Å². The van der Waals surface area contributed by atoms with E-state index in [0.29, 0.717) is 17.6 Å². The molecule has 0 amide bonds. The Bertz CT molecular complexity index is 387. The van der Waals surface area contributed by atoms with Crippen LogP contribution in [0.15, 0.2) is 18.2 Å². The first-order valence-corrected chi connectivity index (χ1v) is 6.50. The molecule has 4 heteroatoms. The Morgan fingerprint density at radius 3 is 2.50 bits per heavy atom. The molecule has 0 aliphatic carbocycles. The van der Waals surface area contributed by atoms with Crippen LogP contribution in [0.4, 0.5) is 14.5 Å². The van der Waals surface area contributed by atoms with Gasteiger partial charge in [-0.1, -0.05) is 13.8 Å². The summed E-state index contributed by atoms with van der Waals surface area (Å²) in [5.41, 5.74) is 0.641. The van der Waals surface area contributed by atoms with Crippen molar-refractivity contribution in [3.8, 4) is 0 Å². The summed E-state index contributed by atoms with van der Waals surface area (Å²) >= 11 is 0. The molecule has 0 saturated carbocycles. The largest absolute Gasteiger partial charge is 0.370 e. The van der Waals surface area contributed by atoms with Crippen LogP contribution in [-0.2, 0) is 0 Å². The molecule has 0 radical (unpaired) electrons. The molecular weight excluding hydrogens is 234 g/mol. The van der Waals surface area contributed by atoms with Gasteiger partial charge < -0.3 is 10.2 Å². The molecule has 1 aliphatic rings. The number of nitrogens with zero attached hydrogens (tertiary/aromatic N) is 1. The first kappa shape index (κ1) is 13.3. The van der Waals surface area contributed by atoms with Gasteiger partial charge in [0.25, 0.3) is 0 Å². The van der Waals surface area contributed by atoms with E-state index < -0.39 is 11.6 Å². The molecule has 1 aromatic carbocycles. The Kier molecular flexibility index (Phi) is 4.17. The fraction of sp³-hybridized carbons (Fsp3) is 0.571. The zero-order chi connectivity index (χ0) is 13.1. The highest BCUT2D eigenvalue weighted by atomic mass is 19.1. The Morgan fingerprint density at radius 2 is 1.89 bits per heavy atom. The molecule has 0 spiro atoms. The summed E-state index contributed by atoms with van der Waals surface area (Å²) < 4.78 is 26.5. The van der Waals surface area contributed by atoms with Crippen LogP contribution in [0.5, 0.6) is 0 Å². The van der Waals surface area contributed by atoms with Crippen LogP contribution >= 0.6 is 0 Å². The number of hydrogen-bond donors (Lipinski definition) is 1. The maximum absolute atomic E-state index is 13.3. The van der Waals surface area contributed by atoms with E-state index in [4.69, 9.17) is 0 Å². The lowest BCUT2D eigenvalue weighted by molar-refractivity contribution is 0.420. The monoisotopic (exact) mass is 254 g/mol. The minimum absolute atomic E-state index is 0.360. The van der Waals surface area contributed by atoms with Crippen molar-refractivity contribution in [1.29, 1.82) is 0 Å². The highest BCUT2D eigenvalue weighted by Crippen LogP contribution is 2.21. The van der Waals surface area contributed by atoms with Gasteiger partial charge in [-0.25, -0.2) is 8.78 Å². The Balaban J connectivity index is 2.19. The molecule has 1 saturated heterocycles. The minimum atomic E-state index is -0.511. The topological polar surface area (TPSA) is 15.3 Å². The van der Waals surface area contributed by atoms with Crippen molar-refractivity contribution >= 4 is 5.69 Å². The van der Waals surface area contributed by atoms with Gasteiger partial charge in [0.05, 0.1) is 0 Å². The number of hydrogen-bond acceptors (Lipinski definition) is 2. The second-order valence-corrected chi connectivity index (χ2v) is 5.23. The van der Waals surface area contributed by atoms with Crippen LogP contribution in [0.25, 0.3) is 0 Å². The maximum atomic E-state index is 13.3. The molecule has 18 heavy (non-hydrogen) atoms. The lowest BCUT2D eigenvalue weighted by atomic mass is 10.0. The van der Waals surface area contributed by atoms with E-state index in [2.05, 4.69) is 24.1 Å². The molecule has 0 bridgehead atoms. The number of rotatable bonds is 2. The molecule has 2 nitrogen and oxygen atoms in total. The maximum Gasteiger partial charge on any atom is 0.128 e. The highest BCUT2D eigenvalue weighted by molar-refractivity contribution is 5.47. The summed E-state index contributed by atoms with van der Waals surface area (Å²) in [6.45, 7) is 6.90. The standard InChI is InChI=1S/C14H20F2N2/c1-10(2)14-9-18(5-3-4-17-14)13-7-11(15)6-12(16)8-13/h6-8,10,14,17H,3-5,9H2,1-2H3. The zero-order valence-electron chi connectivity index (χ0n) is 10.9. The van der Waals surface area contributed by atoms with Gasteiger partial charge in [-0.15, -0.1) is 0 Å². The van der Waals surface area contributed by atoms with Gasteiger partial charge in [-0.05, 0) is 31.0 Å². The number of anilines is 1. The van der Waals surface area contributed by atoms with E-state index in [1.54, 1.807) is 0 Å². The third kappa shape index (κ3) is 3.19. The molecule has 1 aromatic rings. The predicted octanol–water partition coefficient (Wildman–Crippen LogP) is 2.79. The van der Waals surface area contributed by atoms with E-state index in [9.17, 15) is 8.78 Å². The molecule has 1 N–H and O–H groups in total. The third-order valence-corrected chi connectivity index (χ3v) is 3.45. The normalized spacial score (nSPS) is 21.2. The molecular formula is C14H20F2N2. The summed E-state index contributed by atoms with van der Waals surface area (Å²) in [7, 11) is 0. The molecule has 1 atom stereocenters. The highest BCUT2D eigenvalue weighted by Gasteiger charge is 2.21. The number of benzene rings is 1. The van der Waals surface area contributed by atoms with Crippen molar-refractivity contribution in [3.63, 3.8) is 0 Å². The predicted molar refractivity (Wildman–Crippen MR) is 69.8 cm³/mol. The SMILES string of the molecule is CC(C)C1CN(c2cc(F)cc(F)c2)CCCN1. The van der Waals surface area contributed by atoms with Gasteiger partial charge in [-0.3, -0.25) is 0 Å². The molecule has 1 heterocycles. The average molecular weight is 254 g/mol. The van der Waals surface area contributed by atoms with Gasteiger partial charge >= 0.3 is 0 Å². The van der Waals surface area contributed by atoms with E-state index in [0.717, 1.165) is 32.1 Å². The third-order valence-electron chi connectivity index (χ3n) is 3.45. The smallest absolute Gasteiger partial charge is 0.128 e. The van der Waals surface area contributed by atoms with E-state index in [1.165, 1.54) is 12.1 Å². The molecule has 0 aromatic heterocycles. The molecule has 1 fully saturated rings. The Hall–Kier alpha value is -1.16. The van der Waals surface area contributed by atoms with Crippen molar-refractivity contribution in [2.24, 2.45) is 5.92 Å². The fourth-order valence-corrected chi connectivity index (χ4v) is 2.35. The summed E-state index contributed by atoms with van der Waals surface area (Å²) in [6.07, 6.45) is 0.987. The van der Waals surface area contributed by atoms with Crippen LogP contribution < -0.4 is 10.2 Å². The summed E-state index contributed by atoms with van der Waals surface area (Å²) in [5.74, 6) is -0.518. The summed E-state index contributed by atoms with van der Waals surface area (Å²) in [6, 6.07) is 4.09. The average Bonchev–Trinajstić information content (AvgIpc) is 2.53. The van der Waals surface area contributed by atoms with Gasteiger partial charge in [0, 0.05) is 30.9 Å². The van der Waals surface area contributed by atoms with Crippen molar-refractivity contribution < 1.29 is 8.78 Å². The summed E-state index contributed by atoms with van der Waals surface area (Å²) in [4.78, 5) is 2.07. The second-order valence-electron chi connectivity index (χ2n) is 5.23. The van der Waals surface area contributed by atoms with Crippen molar-refractivity contribution in [2.75, 3.05) is 24.5 Å². The quantitative estimate of drug-likeness (QED) is 0.873. The van der Waals surface area contributed by atoms with Crippen molar-refractivity contribution in [1.82, 2.24) is 5.32 Å². The molecule has 2 rings (SSSR count). The van der Waals surface area contributed by atoms with Crippen LogP contribution in [0.1, 0.15) is 20.3 Å². The van der Waals surface area contributed by atoms with Crippen LogP contribution in [0, 0.1) is 17.6 Å². The van der Waals surface area contributed by atoms with Crippen LogP contribution in [0.2, 0.25) is 0 Å². The lowest BCUT2D eigenvalue weighted by Crippen LogP contribution is -2.41. The first-order valence-electron chi connectivity index (χ1n) is 6.50. The lowest BCUT2D eigenvalue weighted by Gasteiger charge is -2.28. The molecule has 1 unspecified atom stereocenters. The number of halogens is 2. The van der Waals surface area contributed by atoms with Crippen LogP contribution in [-0.4, -0.2) is 25.7 Å². The first-order chi connectivity index (χ1) is 8.56. The Morgan fingerprint density at radius 1 is 1.22 bits per heavy atom. The zero-order valence-corrected chi connectivity index (χ0v) is 10.9.